The highest BCUT2D eigenvalue weighted by atomic mass is 19.1. The van der Waals surface area contributed by atoms with Crippen LogP contribution in [0.25, 0.3) is 22.3 Å². The molecule has 0 radical (unpaired) electrons. The van der Waals surface area contributed by atoms with Crippen LogP contribution >= 0.6 is 0 Å². The highest BCUT2D eigenvalue weighted by Gasteiger charge is 2.16. The van der Waals surface area contributed by atoms with Gasteiger partial charge in [0.15, 0.2) is 0 Å². The molecule has 0 saturated carbocycles. The molecule has 0 aliphatic carbocycles. The standard InChI is InChI=1S/C18H19FO4.C16H15FO4/c1-4-23-11-13-9-12(18(20)22-3)5-7-15(13)16-10-14(21-2)6-8-17(16)19;1-20-12-4-6-15(17)14(8-12)13-5-3-10(16(19)21-2)7-11(13)9-18/h5-10H,4,11H2,1-3H3;3-8,18H,9H2,1-2H3. The number of rotatable bonds is 10. The van der Waals surface area contributed by atoms with E-state index in [1.54, 1.807) is 42.5 Å². The molecule has 4 aromatic rings. The minimum atomic E-state index is -0.512. The monoisotopic (exact) mass is 608 g/mol. The Balaban J connectivity index is 0.000000241. The number of esters is 2. The van der Waals surface area contributed by atoms with Crippen molar-refractivity contribution in [3.63, 3.8) is 0 Å². The van der Waals surface area contributed by atoms with E-state index in [0.717, 1.165) is 0 Å². The van der Waals surface area contributed by atoms with E-state index in [2.05, 4.69) is 4.74 Å². The normalized spacial score (nSPS) is 10.4. The number of benzene rings is 4. The smallest absolute Gasteiger partial charge is 0.337 e. The molecule has 4 rings (SSSR count). The van der Waals surface area contributed by atoms with Crippen LogP contribution < -0.4 is 9.47 Å². The lowest BCUT2D eigenvalue weighted by Crippen LogP contribution is -2.04. The van der Waals surface area contributed by atoms with Crippen LogP contribution in [-0.4, -0.2) is 52.1 Å². The zero-order chi connectivity index (χ0) is 32.2. The molecule has 0 bridgehead atoms. The van der Waals surface area contributed by atoms with Crippen molar-refractivity contribution in [3.05, 3.63) is 107 Å². The van der Waals surface area contributed by atoms with Gasteiger partial charge in [0.2, 0.25) is 0 Å². The molecule has 0 aliphatic rings. The summed E-state index contributed by atoms with van der Waals surface area (Å²) >= 11 is 0. The van der Waals surface area contributed by atoms with Crippen LogP contribution in [0.15, 0.2) is 72.8 Å². The van der Waals surface area contributed by atoms with E-state index in [-0.39, 0.29) is 19.0 Å². The number of ether oxygens (including phenoxy) is 5. The van der Waals surface area contributed by atoms with Gasteiger partial charge in [-0.15, -0.1) is 0 Å². The van der Waals surface area contributed by atoms with E-state index in [9.17, 15) is 23.5 Å². The Kier molecular flexibility index (Phi) is 12.4. The van der Waals surface area contributed by atoms with Gasteiger partial charge in [-0.3, -0.25) is 0 Å². The lowest BCUT2D eigenvalue weighted by atomic mass is 9.97. The number of hydrogen-bond acceptors (Lipinski definition) is 8. The Hall–Kier alpha value is -4.80. The largest absolute Gasteiger partial charge is 0.497 e. The molecule has 0 atom stereocenters. The molecular formula is C34H34F2O8. The highest BCUT2D eigenvalue weighted by molar-refractivity contribution is 5.91. The van der Waals surface area contributed by atoms with Crippen molar-refractivity contribution in [2.75, 3.05) is 35.0 Å². The average molecular weight is 609 g/mol. The summed E-state index contributed by atoms with van der Waals surface area (Å²) in [5.41, 5.74) is 3.70. The molecule has 0 aromatic heterocycles. The van der Waals surface area contributed by atoms with Crippen LogP contribution in [0.5, 0.6) is 11.5 Å². The van der Waals surface area contributed by atoms with Crippen LogP contribution in [0.1, 0.15) is 38.8 Å². The van der Waals surface area contributed by atoms with Gasteiger partial charge < -0.3 is 28.8 Å². The summed E-state index contributed by atoms with van der Waals surface area (Å²) in [6.07, 6.45) is 0. The van der Waals surface area contributed by atoms with E-state index < -0.39 is 17.8 Å². The van der Waals surface area contributed by atoms with E-state index in [4.69, 9.17) is 18.9 Å². The summed E-state index contributed by atoms with van der Waals surface area (Å²) in [4.78, 5) is 23.2. The average Bonchev–Trinajstić information content (AvgIpc) is 3.07. The Bertz CT molecular complexity index is 1600. The van der Waals surface area contributed by atoms with Gasteiger partial charge in [-0.25, -0.2) is 18.4 Å². The first-order valence-electron chi connectivity index (χ1n) is 13.5. The lowest BCUT2D eigenvalue weighted by Gasteiger charge is -2.13. The quantitative estimate of drug-likeness (QED) is 0.201. The zero-order valence-corrected chi connectivity index (χ0v) is 25.1. The molecule has 0 amide bonds. The molecule has 0 spiro atoms. The molecule has 44 heavy (non-hydrogen) atoms. The van der Waals surface area contributed by atoms with Gasteiger partial charge in [0.05, 0.1) is 52.8 Å². The number of halogens is 2. The van der Waals surface area contributed by atoms with Crippen molar-refractivity contribution in [3.8, 4) is 33.8 Å². The van der Waals surface area contributed by atoms with Crippen molar-refractivity contribution < 1.29 is 47.2 Å². The van der Waals surface area contributed by atoms with Gasteiger partial charge in [0.1, 0.15) is 23.1 Å². The number of aliphatic hydroxyl groups is 1. The Morgan fingerprint density at radius 1 is 0.636 bits per heavy atom. The molecule has 4 aromatic carbocycles. The zero-order valence-electron chi connectivity index (χ0n) is 25.1. The summed E-state index contributed by atoms with van der Waals surface area (Å²) in [6, 6.07) is 18.4. The van der Waals surface area contributed by atoms with Crippen molar-refractivity contribution in [1.82, 2.24) is 0 Å². The third-order valence-corrected chi connectivity index (χ3v) is 6.61. The minimum absolute atomic E-state index is 0.271. The van der Waals surface area contributed by atoms with E-state index >= 15 is 0 Å². The third kappa shape index (κ3) is 8.18. The molecule has 0 aliphatic heterocycles. The Labute approximate surface area is 254 Å². The van der Waals surface area contributed by atoms with Crippen LogP contribution in [0.2, 0.25) is 0 Å². The van der Waals surface area contributed by atoms with Crippen molar-refractivity contribution in [2.24, 2.45) is 0 Å². The first-order chi connectivity index (χ1) is 21.2. The van der Waals surface area contributed by atoms with Crippen LogP contribution in [0.4, 0.5) is 8.78 Å². The van der Waals surface area contributed by atoms with Gasteiger partial charge in [0, 0.05) is 17.7 Å². The number of carbonyl (C=O) groups is 2. The fourth-order valence-corrected chi connectivity index (χ4v) is 4.34. The number of aliphatic hydroxyl groups excluding tert-OH is 1. The van der Waals surface area contributed by atoms with E-state index in [0.29, 0.717) is 62.6 Å². The molecule has 232 valence electrons. The second-order valence-electron chi connectivity index (χ2n) is 9.21. The maximum absolute atomic E-state index is 14.2. The second kappa shape index (κ2) is 16.2. The molecule has 0 heterocycles. The minimum Gasteiger partial charge on any atom is -0.497 e. The first-order valence-corrected chi connectivity index (χ1v) is 13.5. The molecule has 8 nitrogen and oxygen atoms in total. The molecular weight excluding hydrogens is 574 g/mol. The fraction of sp³-hybridized carbons (Fsp3) is 0.235. The molecule has 0 saturated heterocycles. The fourth-order valence-electron chi connectivity index (χ4n) is 4.34. The van der Waals surface area contributed by atoms with Crippen molar-refractivity contribution in [2.45, 2.75) is 20.1 Å². The van der Waals surface area contributed by atoms with Crippen molar-refractivity contribution in [1.29, 1.82) is 0 Å². The molecule has 0 fully saturated rings. The maximum atomic E-state index is 14.2. The molecule has 0 unspecified atom stereocenters. The van der Waals surface area contributed by atoms with E-state index in [1.807, 2.05) is 6.92 Å². The topological polar surface area (TPSA) is 101 Å². The van der Waals surface area contributed by atoms with Crippen LogP contribution in [0, 0.1) is 11.6 Å². The summed E-state index contributed by atoms with van der Waals surface area (Å²) in [5, 5.41) is 9.47. The van der Waals surface area contributed by atoms with Gasteiger partial charge in [0.25, 0.3) is 0 Å². The van der Waals surface area contributed by atoms with Gasteiger partial charge in [-0.1, -0.05) is 12.1 Å². The number of carbonyl (C=O) groups excluding carboxylic acids is 2. The highest BCUT2D eigenvalue weighted by Crippen LogP contribution is 2.32. The summed E-state index contributed by atoms with van der Waals surface area (Å²) in [7, 11) is 5.61. The van der Waals surface area contributed by atoms with Gasteiger partial charge in [-0.2, -0.15) is 0 Å². The van der Waals surface area contributed by atoms with Gasteiger partial charge >= 0.3 is 11.9 Å². The lowest BCUT2D eigenvalue weighted by molar-refractivity contribution is 0.0591. The van der Waals surface area contributed by atoms with Crippen LogP contribution in [0.3, 0.4) is 0 Å². The second-order valence-corrected chi connectivity index (χ2v) is 9.21. The maximum Gasteiger partial charge on any atom is 0.337 e. The predicted molar refractivity (Wildman–Crippen MR) is 161 cm³/mol. The predicted octanol–water partition coefficient (Wildman–Crippen LogP) is 6.60. The summed E-state index contributed by atoms with van der Waals surface area (Å²) in [5.74, 6) is -0.693. The Morgan fingerprint density at radius 3 is 1.50 bits per heavy atom. The van der Waals surface area contributed by atoms with Crippen LogP contribution in [-0.2, 0) is 27.4 Å². The van der Waals surface area contributed by atoms with Gasteiger partial charge in [-0.05, 0) is 89.8 Å². The third-order valence-electron chi connectivity index (χ3n) is 6.61. The number of hydrogen-bond donors (Lipinski definition) is 1. The molecule has 1 N–H and O–H groups in total. The first kappa shape index (κ1) is 33.7. The SMILES string of the molecule is CCOCc1cc(C(=O)OC)ccc1-c1cc(OC)ccc1F.COC(=O)c1ccc(-c2cc(OC)ccc2F)c(CO)c1. The van der Waals surface area contributed by atoms with Crippen molar-refractivity contribution >= 4 is 11.9 Å². The summed E-state index contributed by atoms with van der Waals surface area (Å²) < 4.78 is 53.3. The molecule has 10 heteroatoms. The summed E-state index contributed by atoms with van der Waals surface area (Å²) in [6.45, 7) is 2.34. The number of methoxy groups -OCH3 is 4. The Morgan fingerprint density at radius 2 is 1.09 bits per heavy atom. The van der Waals surface area contributed by atoms with E-state index in [1.165, 1.54) is 58.8 Å².